The zero-order valence-corrected chi connectivity index (χ0v) is 18.5. The summed E-state index contributed by atoms with van der Waals surface area (Å²) in [5.41, 5.74) is 5.13. The zero-order chi connectivity index (χ0) is 21.5. The van der Waals surface area contributed by atoms with E-state index in [1.165, 1.54) is 53.8 Å². The summed E-state index contributed by atoms with van der Waals surface area (Å²) in [4.78, 5) is 12.8. The Labute approximate surface area is 188 Å². The lowest BCUT2D eigenvalue weighted by Gasteiger charge is -2.34. The van der Waals surface area contributed by atoms with Crippen molar-refractivity contribution < 1.29 is 0 Å². The summed E-state index contributed by atoms with van der Waals surface area (Å²) < 4.78 is 2.19. The third-order valence-electron chi connectivity index (χ3n) is 7.13. The Morgan fingerprint density at radius 2 is 1.88 bits per heavy atom. The van der Waals surface area contributed by atoms with Crippen LogP contribution in [-0.4, -0.2) is 55.8 Å². The summed E-state index contributed by atoms with van der Waals surface area (Å²) in [7, 11) is 0. The first-order chi connectivity index (χ1) is 15.8. The third kappa shape index (κ3) is 3.37. The van der Waals surface area contributed by atoms with E-state index in [0.717, 1.165) is 37.7 Å². The zero-order valence-electron chi connectivity index (χ0n) is 18.5. The number of pyridine rings is 1. The topological polar surface area (TPSA) is 65.9 Å². The number of likely N-dealkylation sites (tertiary alicyclic amines) is 1. The number of hydrogen-bond acceptors (Lipinski definition) is 5. The number of nitrogens with zero attached hydrogens (tertiary/aromatic N) is 6. The molecule has 1 aromatic carbocycles. The van der Waals surface area contributed by atoms with Crippen molar-refractivity contribution in [2.45, 2.75) is 38.6 Å². The summed E-state index contributed by atoms with van der Waals surface area (Å²) in [5, 5.41) is 10.0. The number of fused-ring (bicyclic) bond motifs is 4. The molecule has 4 aromatic rings. The quantitative estimate of drug-likeness (QED) is 0.521. The van der Waals surface area contributed by atoms with Gasteiger partial charge in [-0.25, -0.2) is 0 Å². The van der Waals surface area contributed by atoms with E-state index >= 15 is 0 Å². The molecule has 1 fully saturated rings. The van der Waals surface area contributed by atoms with Gasteiger partial charge in [0.2, 0.25) is 0 Å². The number of aromatic amines is 1. The van der Waals surface area contributed by atoms with Gasteiger partial charge in [-0.1, -0.05) is 12.1 Å². The van der Waals surface area contributed by atoms with Gasteiger partial charge in [0, 0.05) is 36.0 Å². The number of anilines is 1. The highest BCUT2D eigenvalue weighted by atomic mass is 15.3. The molecule has 0 atom stereocenters. The smallest absolute Gasteiger partial charge is 0.157 e. The Kier molecular flexibility index (Phi) is 4.91. The van der Waals surface area contributed by atoms with Gasteiger partial charge in [-0.2, -0.15) is 0 Å². The van der Waals surface area contributed by atoms with E-state index in [1.807, 2.05) is 19.3 Å². The predicted molar refractivity (Wildman–Crippen MR) is 126 cm³/mol. The van der Waals surface area contributed by atoms with Crippen LogP contribution in [0.1, 0.15) is 42.4 Å². The Morgan fingerprint density at radius 1 is 1.03 bits per heavy atom. The molecule has 0 bridgehead atoms. The number of H-pyrrole nitrogens is 1. The molecule has 7 nitrogen and oxygen atoms in total. The molecular weight excluding hydrogens is 398 g/mol. The van der Waals surface area contributed by atoms with Crippen molar-refractivity contribution in [1.82, 2.24) is 29.6 Å². The highest BCUT2D eigenvalue weighted by Crippen LogP contribution is 2.34. The van der Waals surface area contributed by atoms with Crippen LogP contribution < -0.4 is 4.90 Å². The molecule has 0 unspecified atom stereocenters. The maximum atomic E-state index is 4.41. The molecule has 0 spiro atoms. The summed E-state index contributed by atoms with van der Waals surface area (Å²) in [6, 6.07) is 10.7. The first kappa shape index (κ1) is 19.5. The maximum absolute atomic E-state index is 4.41. The number of aryl methyl sites for hydroxylation is 1. The molecule has 2 aliphatic rings. The first-order valence-electron chi connectivity index (χ1n) is 11.7. The molecule has 1 saturated heterocycles. The van der Waals surface area contributed by atoms with Crippen molar-refractivity contribution in [2.75, 3.05) is 31.1 Å². The van der Waals surface area contributed by atoms with Gasteiger partial charge in [0.15, 0.2) is 5.82 Å². The molecule has 6 rings (SSSR count). The Hall–Kier alpha value is -3.19. The van der Waals surface area contributed by atoms with Gasteiger partial charge >= 0.3 is 0 Å². The molecule has 164 valence electrons. The van der Waals surface area contributed by atoms with Crippen LogP contribution in [0.15, 0.2) is 48.9 Å². The second-order valence-corrected chi connectivity index (χ2v) is 9.04. The molecule has 7 heteroatoms. The molecule has 3 aromatic heterocycles. The molecule has 1 N–H and O–H groups in total. The van der Waals surface area contributed by atoms with Crippen LogP contribution >= 0.6 is 0 Å². The van der Waals surface area contributed by atoms with Crippen LogP contribution in [0.5, 0.6) is 0 Å². The van der Waals surface area contributed by atoms with Gasteiger partial charge in [0.1, 0.15) is 5.82 Å². The van der Waals surface area contributed by atoms with Gasteiger partial charge in [-0.3, -0.25) is 9.55 Å². The summed E-state index contributed by atoms with van der Waals surface area (Å²) >= 11 is 0. The van der Waals surface area contributed by atoms with E-state index in [2.05, 4.69) is 71.1 Å². The van der Waals surface area contributed by atoms with Gasteiger partial charge in [-0.05, 0) is 75.5 Å². The predicted octanol–water partition coefficient (Wildman–Crippen LogP) is 4.04. The number of nitrogens with one attached hydrogen (secondary N) is 1. The van der Waals surface area contributed by atoms with E-state index in [1.54, 1.807) is 0 Å². The van der Waals surface area contributed by atoms with Crippen molar-refractivity contribution >= 4 is 16.6 Å². The molecule has 0 radical (unpaired) electrons. The fourth-order valence-corrected chi connectivity index (χ4v) is 5.47. The Balaban J connectivity index is 1.06. The molecule has 0 amide bonds. The number of aromatic nitrogens is 5. The lowest BCUT2D eigenvalue weighted by molar-refractivity contribution is 0.211. The van der Waals surface area contributed by atoms with Gasteiger partial charge in [0.05, 0.1) is 17.9 Å². The minimum Gasteiger partial charge on any atom is -0.362 e. The summed E-state index contributed by atoms with van der Waals surface area (Å²) in [5.74, 6) is 2.63. The number of piperidine rings is 1. The van der Waals surface area contributed by atoms with E-state index in [9.17, 15) is 0 Å². The Morgan fingerprint density at radius 3 is 2.75 bits per heavy atom. The molecule has 5 heterocycles. The average Bonchev–Trinajstić information content (AvgIpc) is 3.43. The second kappa shape index (κ2) is 8.06. The second-order valence-electron chi connectivity index (χ2n) is 9.04. The van der Waals surface area contributed by atoms with Crippen molar-refractivity contribution in [3.05, 3.63) is 66.1 Å². The van der Waals surface area contributed by atoms with Crippen molar-refractivity contribution in [1.29, 1.82) is 0 Å². The molecule has 0 saturated carbocycles. The number of rotatable bonds is 5. The van der Waals surface area contributed by atoms with Gasteiger partial charge in [0.25, 0.3) is 0 Å². The van der Waals surface area contributed by atoms with Crippen molar-refractivity contribution in [3.8, 4) is 5.69 Å². The van der Waals surface area contributed by atoms with Gasteiger partial charge in [-0.15, -0.1) is 10.2 Å². The summed E-state index contributed by atoms with van der Waals surface area (Å²) in [6.45, 7) is 7.38. The molecule has 0 aliphatic carbocycles. The number of benzene rings is 1. The van der Waals surface area contributed by atoms with Crippen LogP contribution in [0.3, 0.4) is 0 Å². The normalized spacial score (nSPS) is 17.0. The third-order valence-corrected chi connectivity index (χ3v) is 7.13. The average molecular weight is 428 g/mol. The lowest BCUT2D eigenvalue weighted by atomic mass is 9.89. The van der Waals surface area contributed by atoms with Crippen LogP contribution in [0.4, 0.5) is 5.69 Å². The molecule has 2 aliphatic heterocycles. The SMILES string of the molecule is Cc1nnc2n1-c1ccccc1N(CCCN1CCC(c3c[nH]c4ccncc34)CC1)C2. The fraction of sp³-hybridized carbons (Fsp3) is 0.400. The largest absolute Gasteiger partial charge is 0.362 e. The highest BCUT2D eigenvalue weighted by Gasteiger charge is 2.26. The van der Waals surface area contributed by atoms with Crippen molar-refractivity contribution in [2.24, 2.45) is 0 Å². The Bertz CT molecular complexity index is 1230. The minimum atomic E-state index is 0.632. The lowest BCUT2D eigenvalue weighted by Crippen LogP contribution is -2.36. The maximum Gasteiger partial charge on any atom is 0.157 e. The number of para-hydroxylation sites is 2. The standard InChI is InChI=1S/C25H29N7/c1-18-28-29-25-17-31(23-5-2-3-6-24(23)32(18)25)12-4-11-30-13-8-19(9-14-30)20-16-27-22-7-10-26-15-21(20)22/h2-3,5-7,10,15-16,19,27H,4,8-9,11-14,17H2,1H3. The molecule has 32 heavy (non-hydrogen) atoms. The van der Waals surface area contributed by atoms with E-state index < -0.39 is 0 Å². The monoisotopic (exact) mass is 427 g/mol. The van der Waals surface area contributed by atoms with Gasteiger partial charge < -0.3 is 14.8 Å². The first-order valence-corrected chi connectivity index (χ1v) is 11.7. The fourth-order valence-electron chi connectivity index (χ4n) is 5.47. The van der Waals surface area contributed by atoms with E-state index in [4.69, 9.17) is 0 Å². The van der Waals surface area contributed by atoms with Crippen LogP contribution in [0.2, 0.25) is 0 Å². The molecular formula is C25H29N7. The van der Waals surface area contributed by atoms with Crippen LogP contribution in [0.25, 0.3) is 16.6 Å². The van der Waals surface area contributed by atoms with Crippen molar-refractivity contribution in [3.63, 3.8) is 0 Å². The van der Waals surface area contributed by atoms with Crippen LogP contribution in [0, 0.1) is 6.92 Å². The summed E-state index contributed by atoms with van der Waals surface area (Å²) in [6.07, 6.45) is 9.65. The van der Waals surface area contributed by atoms with Crippen LogP contribution in [-0.2, 0) is 6.54 Å². The number of hydrogen-bond donors (Lipinski definition) is 1. The minimum absolute atomic E-state index is 0.632. The van der Waals surface area contributed by atoms with E-state index in [0.29, 0.717) is 5.92 Å². The van der Waals surface area contributed by atoms with E-state index in [-0.39, 0.29) is 0 Å². The highest BCUT2D eigenvalue weighted by molar-refractivity contribution is 5.82.